The summed E-state index contributed by atoms with van der Waals surface area (Å²) in [6.07, 6.45) is 2.39. The van der Waals surface area contributed by atoms with Crippen LogP contribution in [0.15, 0.2) is 152 Å². The summed E-state index contributed by atoms with van der Waals surface area (Å²) in [5, 5.41) is 4.66. The van der Waals surface area contributed by atoms with Crippen LogP contribution in [0.5, 0.6) is 0 Å². The maximum atomic E-state index is 5.19. The van der Waals surface area contributed by atoms with Crippen LogP contribution in [0.1, 0.15) is 51.7 Å². The van der Waals surface area contributed by atoms with Crippen LogP contribution in [-0.4, -0.2) is 15.0 Å². The van der Waals surface area contributed by atoms with E-state index in [2.05, 4.69) is 173 Å². The lowest BCUT2D eigenvalue weighted by molar-refractivity contribution is 0.332. The highest BCUT2D eigenvalue weighted by molar-refractivity contribution is 6.04. The van der Waals surface area contributed by atoms with Crippen LogP contribution in [0.25, 0.3) is 78.0 Å². The molecule has 252 valence electrons. The van der Waals surface area contributed by atoms with E-state index in [9.17, 15) is 0 Å². The lowest BCUT2D eigenvalue weighted by Gasteiger charge is -2.42. The molecular weight excluding hydrogens is 631 g/mol. The lowest BCUT2D eigenvalue weighted by atomic mass is 9.63. The van der Waals surface area contributed by atoms with Gasteiger partial charge in [0.1, 0.15) is 0 Å². The highest BCUT2D eigenvalue weighted by Gasteiger charge is 2.37. The van der Waals surface area contributed by atoms with Crippen LogP contribution < -0.4 is 0 Å². The van der Waals surface area contributed by atoms with E-state index in [0.29, 0.717) is 17.5 Å². The summed E-state index contributed by atoms with van der Waals surface area (Å²) in [4.78, 5) is 15.5. The van der Waals surface area contributed by atoms with Gasteiger partial charge in [-0.2, -0.15) is 0 Å². The van der Waals surface area contributed by atoms with Gasteiger partial charge in [0, 0.05) is 16.7 Å². The van der Waals surface area contributed by atoms with E-state index in [-0.39, 0.29) is 10.8 Å². The van der Waals surface area contributed by atoms with Crippen LogP contribution >= 0.6 is 0 Å². The smallest absolute Gasteiger partial charge is 0.164 e. The van der Waals surface area contributed by atoms with E-state index in [1.54, 1.807) is 0 Å². The number of hydrogen-bond donors (Lipinski definition) is 0. The molecule has 1 heterocycles. The van der Waals surface area contributed by atoms with Crippen LogP contribution in [0.3, 0.4) is 0 Å². The minimum absolute atomic E-state index is 0.135. The van der Waals surface area contributed by atoms with Crippen LogP contribution in [0, 0.1) is 0 Å². The molecule has 0 N–H and O–H groups in total. The van der Waals surface area contributed by atoms with Crippen molar-refractivity contribution in [1.29, 1.82) is 0 Å². The van der Waals surface area contributed by atoms with Crippen molar-refractivity contribution in [1.82, 2.24) is 15.0 Å². The van der Waals surface area contributed by atoms with E-state index in [1.807, 2.05) is 6.07 Å². The molecule has 7 aromatic carbocycles. The zero-order valence-electron chi connectivity index (χ0n) is 30.2. The van der Waals surface area contributed by atoms with Crippen molar-refractivity contribution >= 4 is 21.5 Å². The maximum absolute atomic E-state index is 5.19. The number of nitrogens with zero attached hydrogens (tertiary/aromatic N) is 3. The minimum Gasteiger partial charge on any atom is -0.208 e. The molecule has 0 amide bonds. The predicted molar refractivity (Wildman–Crippen MR) is 217 cm³/mol. The molecule has 0 saturated heterocycles. The fourth-order valence-corrected chi connectivity index (χ4v) is 8.03. The number of aromatic nitrogens is 3. The Morgan fingerprint density at radius 1 is 0.365 bits per heavy atom. The third-order valence-electron chi connectivity index (χ3n) is 11.2. The normalized spacial score (nSPS) is 14.7. The number of fused-ring (bicyclic) bond motifs is 3. The van der Waals surface area contributed by atoms with Gasteiger partial charge < -0.3 is 0 Å². The molecule has 1 aliphatic carbocycles. The molecule has 1 aromatic heterocycles. The average molecular weight is 672 g/mol. The van der Waals surface area contributed by atoms with Gasteiger partial charge in [0.05, 0.1) is 0 Å². The third kappa shape index (κ3) is 5.67. The molecule has 8 aromatic rings. The Morgan fingerprint density at radius 3 is 1.63 bits per heavy atom. The summed E-state index contributed by atoms with van der Waals surface area (Å²) in [7, 11) is 0. The van der Waals surface area contributed by atoms with Gasteiger partial charge in [-0.15, -0.1) is 0 Å². The molecule has 0 radical (unpaired) electrons. The second-order valence-corrected chi connectivity index (χ2v) is 15.5. The molecule has 0 unspecified atom stereocenters. The zero-order valence-corrected chi connectivity index (χ0v) is 30.2. The first-order valence-corrected chi connectivity index (χ1v) is 18.3. The Bertz CT molecular complexity index is 2620. The van der Waals surface area contributed by atoms with Gasteiger partial charge in [0.15, 0.2) is 17.5 Å². The topological polar surface area (TPSA) is 38.7 Å². The summed E-state index contributed by atoms with van der Waals surface area (Å²) in [6.45, 7) is 9.56. The summed E-state index contributed by atoms with van der Waals surface area (Å²) in [5.41, 5.74) is 11.0. The van der Waals surface area contributed by atoms with E-state index < -0.39 is 0 Å². The molecular formula is C49H41N3. The zero-order chi connectivity index (χ0) is 35.5. The van der Waals surface area contributed by atoms with Crippen molar-refractivity contribution in [3.05, 3.63) is 163 Å². The molecule has 52 heavy (non-hydrogen) atoms. The molecule has 0 atom stereocenters. The van der Waals surface area contributed by atoms with Crippen molar-refractivity contribution in [2.24, 2.45) is 0 Å². The van der Waals surface area contributed by atoms with E-state index >= 15 is 0 Å². The first-order valence-electron chi connectivity index (χ1n) is 18.3. The second-order valence-electron chi connectivity index (χ2n) is 15.5. The van der Waals surface area contributed by atoms with Crippen molar-refractivity contribution in [3.63, 3.8) is 0 Å². The van der Waals surface area contributed by atoms with Crippen molar-refractivity contribution in [2.75, 3.05) is 0 Å². The van der Waals surface area contributed by atoms with E-state index in [0.717, 1.165) is 33.0 Å². The lowest BCUT2D eigenvalue weighted by Crippen LogP contribution is -2.33. The van der Waals surface area contributed by atoms with Gasteiger partial charge in [0.2, 0.25) is 0 Å². The molecule has 9 rings (SSSR count). The fourth-order valence-electron chi connectivity index (χ4n) is 8.03. The van der Waals surface area contributed by atoms with Gasteiger partial charge in [-0.1, -0.05) is 167 Å². The SMILES string of the molecule is CC1(C)CCC(C)(C)c2cc(-c3ccc(-c4nc(-c5ccc(-c6ccccc6)cc5)nc(-c5ccc6ccccc6c5)n4)c4ccccc34)ccc21. The van der Waals surface area contributed by atoms with Gasteiger partial charge in [0.25, 0.3) is 0 Å². The number of benzene rings is 7. The Hall–Kier alpha value is -5.93. The number of hydrogen-bond acceptors (Lipinski definition) is 3. The van der Waals surface area contributed by atoms with Crippen LogP contribution in [0.4, 0.5) is 0 Å². The molecule has 3 nitrogen and oxygen atoms in total. The van der Waals surface area contributed by atoms with Crippen LogP contribution in [-0.2, 0) is 10.8 Å². The maximum Gasteiger partial charge on any atom is 0.164 e. The minimum atomic E-state index is 0.135. The summed E-state index contributed by atoms with van der Waals surface area (Å²) in [5.74, 6) is 1.97. The van der Waals surface area contributed by atoms with Crippen LogP contribution in [0.2, 0.25) is 0 Å². The van der Waals surface area contributed by atoms with Gasteiger partial charge in [-0.25, -0.2) is 15.0 Å². The highest BCUT2D eigenvalue weighted by atomic mass is 15.0. The molecule has 0 saturated carbocycles. The van der Waals surface area contributed by atoms with Crippen molar-refractivity contribution in [3.8, 4) is 56.4 Å². The summed E-state index contributed by atoms with van der Waals surface area (Å²) >= 11 is 0. The van der Waals surface area contributed by atoms with Crippen molar-refractivity contribution in [2.45, 2.75) is 51.4 Å². The average Bonchev–Trinajstić information content (AvgIpc) is 3.19. The molecule has 1 aliphatic rings. The Balaban J connectivity index is 1.20. The third-order valence-corrected chi connectivity index (χ3v) is 11.2. The first kappa shape index (κ1) is 32.0. The first-order chi connectivity index (χ1) is 25.2. The van der Waals surface area contributed by atoms with E-state index in [1.165, 1.54) is 51.4 Å². The molecule has 0 bridgehead atoms. The molecule has 3 heteroatoms. The predicted octanol–water partition coefficient (Wildman–Crippen LogP) is 12.9. The second kappa shape index (κ2) is 12.4. The van der Waals surface area contributed by atoms with Gasteiger partial charge >= 0.3 is 0 Å². The monoisotopic (exact) mass is 671 g/mol. The summed E-state index contributed by atoms with van der Waals surface area (Å²) < 4.78 is 0. The number of rotatable bonds is 5. The van der Waals surface area contributed by atoms with Gasteiger partial charge in [-0.05, 0) is 90.7 Å². The highest BCUT2D eigenvalue weighted by Crippen LogP contribution is 2.47. The Labute approximate surface area is 306 Å². The van der Waals surface area contributed by atoms with E-state index in [4.69, 9.17) is 15.0 Å². The fraction of sp³-hybridized carbons (Fsp3) is 0.163. The Morgan fingerprint density at radius 2 is 0.885 bits per heavy atom. The van der Waals surface area contributed by atoms with Crippen molar-refractivity contribution < 1.29 is 0 Å². The Kier molecular flexibility index (Phi) is 7.62. The molecule has 0 spiro atoms. The molecule has 0 aliphatic heterocycles. The largest absolute Gasteiger partial charge is 0.208 e. The van der Waals surface area contributed by atoms with Gasteiger partial charge in [-0.3, -0.25) is 0 Å². The quantitative estimate of drug-likeness (QED) is 0.183. The standard InChI is InChI=1S/C49H41N3/c1-48(2)28-29-49(3,4)44-31-37(24-27-43(44)48)39-25-26-42(41-17-11-10-16-40(39)41)47-51-45(35-21-18-34(19-22-35)32-12-6-5-7-13-32)50-46(52-47)38-23-20-33-14-8-9-15-36(33)30-38/h5-27,30-31H,28-29H2,1-4H3. The summed E-state index contributed by atoms with van der Waals surface area (Å²) in [6, 6.07) is 54.1. The molecule has 0 fully saturated rings.